The van der Waals surface area contributed by atoms with Gasteiger partial charge in [-0.05, 0) is 61.4 Å². The number of carbonyl (C=O) groups excluding carboxylic acids is 1. The molecule has 0 spiro atoms. The van der Waals surface area contributed by atoms with Crippen molar-refractivity contribution < 1.29 is 22.7 Å². The maximum absolute atomic E-state index is 13.5. The number of anilines is 1. The van der Waals surface area contributed by atoms with Crippen LogP contribution in [-0.2, 0) is 21.2 Å². The average molecular weight is 483 g/mol. The molecule has 0 bridgehead atoms. The first-order valence-corrected chi connectivity index (χ1v) is 12.5. The SMILES string of the molecule is CCc1ccccc1N(CC(=O)NCCOc1ccc(OC)cc1)S(=O)(=O)c1ccc(C)cc1. The number of amides is 1. The van der Waals surface area contributed by atoms with Crippen LogP contribution < -0.4 is 19.1 Å². The molecule has 0 aliphatic rings. The number of nitrogens with zero attached hydrogens (tertiary/aromatic N) is 1. The summed E-state index contributed by atoms with van der Waals surface area (Å²) in [5.41, 5.74) is 2.29. The van der Waals surface area contributed by atoms with E-state index in [2.05, 4.69) is 5.32 Å². The Morgan fingerprint density at radius 3 is 2.24 bits per heavy atom. The number of hydrogen-bond donors (Lipinski definition) is 1. The zero-order valence-corrected chi connectivity index (χ0v) is 20.5. The third kappa shape index (κ3) is 6.29. The average Bonchev–Trinajstić information content (AvgIpc) is 2.85. The van der Waals surface area contributed by atoms with Gasteiger partial charge in [-0.25, -0.2) is 8.42 Å². The Morgan fingerprint density at radius 2 is 1.59 bits per heavy atom. The molecular weight excluding hydrogens is 452 g/mol. The Kier molecular flexibility index (Phi) is 8.54. The van der Waals surface area contributed by atoms with Gasteiger partial charge in [0.15, 0.2) is 0 Å². The third-order valence-electron chi connectivity index (χ3n) is 5.29. The second-order valence-electron chi connectivity index (χ2n) is 7.68. The highest BCUT2D eigenvalue weighted by Gasteiger charge is 2.28. The van der Waals surface area contributed by atoms with E-state index in [9.17, 15) is 13.2 Å². The minimum absolute atomic E-state index is 0.139. The van der Waals surface area contributed by atoms with Gasteiger partial charge in [0, 0.05) is 0 Å². The van der Waals surface area contributed by atoms with Gasteiger partial charge in [0.1, 0.15) is 24.7 Å². The van der Waals surface area contributed by atoms with E-state index >= 15 is 0 Å². The third-order valence-corrected chi connectivity index (χ3v) is 7.06. The molecule has 0 saturated heterocycles. The van der Waals surface area contributed by atoms with Crippen LogP contribution in [0.2, 0.25) is 0 Å². The summed E-state index contributed by atoms with van der Waals surface area (Å²) in [6.45, 7) is 3.98. The highest BCUT2D eigenvalue weighted by molar-refractivity contribution is 7.92. The number of nitrogens with one attached hydrogen (secondary N) is 1. The molecule has 3 aromatic carbocycles. The van der Waals surface area contributed by atoms with Crippen molar-refractivity contribution >= 4 is 21.6 Å². The number of methoxy groups -OCH3 is 1. The van der Waals surface area contributed by atoms with E-state index in [1.807, 2.05) is 26.0 Å². The zero-order chi connectivity index (χ0) is 24.6. The molecule has 3 rings (SSSR count). The van der Waals surface area contributed by atoms with Crippen LogP contribution in [0.5, 0.6) is 11.5 Å². The predicted octanol–water partition coefficient (Wildman–Crippen LogP) is 3.96. The van der Waals surface area contributed by atoms with Crippen molar-refractivity contribution in [3.63, 3.8) is 0 Å². The molecule has 0 radical (unpaired) electrons. The molecule has 0 aromatic heterocycles. The van der Waals surface area contributed by atoms with Gasteiger partial charge in [0.05, 0.1) is 24.2 Å². The summed E-state index contributed by atoms with van der Waals surface area (Å²) < 4.78 is 39.0. The number of benzene rings is 3. The van der Waals surface area contributed by atoms with Crippen LogP contribution in [0.3, 0.4) is 0 Å². The van der Waals surface area contributed by atoms with Crippen molar-refractivity contribution in [2.75, 3.05) is 31.1 Å². The van der Waals surface area contributed by atoms with Gasteiger partial charge in [-0.3, -0.25) is 9.10 Å². The first-order valence-electron chi connectivity index (χ1n) is 11.1. The molecule has 0 aliphatic heterocycles. The van der Waals surface area contributed by atoms with E-state index < -0.39 is 15.9 Å². The zero-order valence-electron chi connectivity index (χ0n) is 19.7. The molecule has 0 saturated carbocycles. The Morgan fingerprint density at radius 1 is 0.941 bits per heavy atom. The smallest absolute Gasteiger partial charge is 0.264 e. The molecule has 0 heterocycles. The fourth-order valence-electron chi connectivity index (χ4n) is 3.41. The van der Waals surface area contributed by atoms with Gasteiger partial charge in [-0.1, -0.05) is 42.8 Å². The summed E-state index contributed by atoms with van der Waals surface area (Å²) in [6.07, 6.45) is 0.632. The van der Waals surface area contributed by atoms with Gasteiger partial charge >= 0.3 is 0 Å². The fourth-order valence-corrected chi connectivity index (χ4v) is 4.87. The second kappa shape index (κ2) is 11.6. The van der Waals surface area contributed by atoms with Crippen molar-refractivity contribution in [3.8, 4) is 11.5 Å². The standard InChI is InChI=1S/C26H30N2O5S/c1-4-21-7-5-6-8-25(21)28(34(30,31)24-15-9-20(2)10-16-24)19-26(29)27-17-18-33-23-13-11-22(32-3)12-14-23/h5-16H,4,17-19H2,1-3H3,(H,27,29). The Bertz CT molecular complexity index is 1190. The van der Waals surface area contributed by atoms with Crippen LogP contribution in [0, 0.1) is 6.92 Å². The van der Waals surface area contributed by atoms with E-state index in [-0.39, 0.29) is 24.6 Å². The van der Waals surface area contributed by atoms with Crippen molar-refractivity contribution in [1.29, 1.82) is 0 Å². The highest BCUT2D eigenvalue weighted by Crippen LogP contribution is 2.27. The molecule has 180 valence electrons. The molecule has 0 unspecified atom stereocenters. The van der Waals surface area contributed by atoms with Crippen LogP contribution in [0.4, 0.5) is 5.69 Å². The minimum Gasteiger partial charge on any atom is -0.497 e. The lowest BCUT2D eigenvalue weighted by atomic mass is 10.1. The molecular formula is C26H30N2O5S. The Balaban J connectivity index is 1.72. The first-order chi connectivity index (χ1) is 16.3. The Labute approximate surface area is 201 Å². The molecule has 0 aliphatic carbocycles. The summed E-state index contributed by atoms with van der Waals surface area (Å²) in [5.74, 6) is 0.957. The fraction of sp³-hybridized carbons (Fsp3) is 0.269. The molecule has 34 heavy (non-hydrogen) atoms. The maximum atomic E-state index is 13.5. The molecule has 1 amide bonds. The van der Waals surface area contributed by atoms with Crippen LogP contribution >= 0.6 is 0 Å². The van der Waals surface area contributed by atoms with E-state index in [4.69, 9.17) is 9.47 Å². The summed E-state index contributed by atoms with van der Waals surface area (Å²) >= 11 is 0. The van der Waals surface area contributed by atoms with Gasteiger partial charge in [0.2, 0.25) is 5.91 Å². The maximum Gasteiger partial charge on any atom is 0.264 e. The largest absolute Gasteiger partial charge is 0.497 e. The molecule has 8 heteroatoms. The summed E-state index contributed by atoms with van der Waals surface area (Å²) in [4.78, 5) is 12.9. The van der Waals surface area contributed by atoms with Crippen molar-refractivity contribution in [2.45, 2.75) is 25.2 Å². The lowest BCUT2D eigenvalue weighted by Gasteiger charge is -2.26. The van der Waals surface area contributed by atoms with Gasteiger partial charge in [-0.2, -0.15) is 0 Å². The van der Waals surface area contributed by atoms with Crippen LogP contribution in [0.15, 0.2) is 77.7 Å². The second-order valence-corrected chi connectivity index (χ2v) is 9.54. The molecule has 0 atom stereocenters. The van der Waals surface area contributed by atoms with E-state index in [0.717, 1.165) is 16.9 Å². The number of aryl methyl sites for hydroxylation is 2. The number of para-hydroxylation sites is 1. The monoisotopic (exact) mass is 482 g/mol. The van der Waals surface area contributed by atoms with Gasteiger partial charge in [0.25, 0.3) is 10.0 Å². The quantitative estimate of drug-likeness (QED) is 0.418. The topological polar surface area (TPSA) is 84.9 Å². The van der Waals surface area contributed by atoms with Crippen molar-refractivity contribution in [1.82, 2.24) is 5.32 Å². The van der Waals surface area contributed by atoms with Crippen molar-refractivity contribution in [2.24, 2.45) is 0 Å². The van der Waals surface area contributed by atoms with Gasteiger partial charge < -0.3 is 14.8 Å². The normalized spacial score (nSPS) is 11.0. The first kappa shape index (κ1) is 25.1. The molecule has 3 aromatic rings. The van der Waals surface area contributed by atoms with Crippen LogP contribution in [0.1, 0.15) is 18.1 Å². The summed E-state index contributed by atoms with van der Waals surface area (Å²) in [5, 5.41) is 2.75. The summed E-state index contributed by atoms with van der Waals surface area (Å²) in [6, 6.07) is 21.0. The molecule has 1 N–H and O–H groups in total. The van der Waals surface area contributed by atoms with E-state index in [0.29, 0.717) is 17.9 Å². The number of ether oxygens (including phenoxy) is 2. The van der Waals surface area contributed by atoms with Crippen molar-refractivity contribution in [3.05, 3.63) is 83.9 Å². The van der Waals surface area contributed by atoms with E-state index in [1.165, 1.54) is 4.31 Å². The molecule has 7 nitrogen and oxygen atoms in total. The minimum atomic E-state index is -3.95. The van der Waals surface area contributed by atoms with E-state index in [1.54, 1.807) is 67.8 Å². The van der Waals surface area contributed by atoms with Crippen LogP contribution in [-0.4, -0.2) is 41.1 Å². The summed E-state index contributed by atoms with van der Waals surface area (Å²) in [7, 11) is -2.36. The highest BCUT2D eigenvalue weighted by atomic mass is 32.2. The lowest BCUT2D eigenvalue weighted by molar-refractivity contribution is -0.119. The predicted molar refractivity (Wildman–Crippen MR) is 133 cm³/mol. The number of rotatable bonds is 11. The Hall–Kier alpha value is -3.52. The van der Waals surface area contributed by atoms with Crippen LogP contribution in [0.25, 0.3) is 0 Å². The lowest BCUT2D eigenvalue weighted by Crippen LogP contribution is -2.42. The number of sulfonamides is 1. The number of hydrogen-bond acceptors (Lipinski definition) is 5. The molecule has 0 fully saturated rings. The van der Waals surface area contributed by atoms with Gasteiger partial charge in [-0.15, -0.1) is 0 Å². The number of carbonyl (C=O) groups is 1.